The number of aromatic nitrogens is 1. The number of carbonyl (C=O) groups excluding carboxylic acids is 1. The van der Waals surface area contributed by atoms with Crippen molar-refractivity contribution in [3.63, 3.8) is 0 Å². The molecule has 0 amide bonds. The number of nitrogens with zero attached hydrogens (tertiary/aromatic N) is 1. The largest absolute Gasteiger partial charge is 0.588 e. The second-order valence-electron chi connectivity index (χ2n) is 8.57. The minimum absolute atomic E-state index is 0.284. The molecule has 190 valence electrons. The summed E-state index contributed by atoms with van der Waals surface area (Å²) in [5.41, 5.74) is -0.833. The molecule has 0 aliphatic rings. The van der Waals surface area contributed by atoms with E-state index in [1.54, 1.807) is 117 Å². The Morgan fingerprint density at radius 3 is 1.78 bits per heavy atom. The molecule has 0 spiro atoms. The number of carbonyl (C=O) groups is 1. The number of para-hydroxylation sites is 2. The topological polar surface area (TPSA) is 76.0 Å². The van der Waals surface area contributed by atoms with Crippen LogP contribution in [0.25, 0.3) is 0 Å². The molecule has 1 aromatic heterocycles. The predicted molar refractivity (Wildman–Crippen MR) is 143 cm³/mol. The maximum atomic E-state index is 14.1. The third-order valence-electron chi connectivity index (χ3n) is 5.31. The van der Waals surface area contributed by atoms with Crippen LogP contribution in [-0.4, -0.2) is 16.3 Å². The highest BCUT2D eigenvalue weighted by Crippen LogP contribution is 2.54. The molecule has 9 heteroatoms. The fourth-order valence-corrected chi connectivity index (χ4v) is 5.45. The number of rotatable bonds is 10. The standard InChI is InChI=1S/C28H26NO6PS/c1-28(2,26(22-14-6-3-7-15-22)27(30)32-29-21-13-12-20-25(29)37)35-36(31,33-23-16-8-4-9-17-23)34-24-18-10-5-11-19-24/h3-21,26H,1-2H3. The monoisotopic (exact) mass is 535 g/mol. The van der Waals surface area contributed by atoms with E-state index in [9.17, 15) is 9.36 Å². The van der Waals surface area contributed by atoms with Crippen LogP contribution in [0, 0.1) is 4.64 Å². The zero-order valence-corrected chi connectivity index (χ0v) is 22.0. The number of phosphoric acid groups is 1. The second-order valence-corrected chi connectivity index (χ2v) is 10.4. The fraction of sp³-hybridized carbons (Fsp3) is 0.143. The van der Waals surface area contributed by atoms with E-state index in [0.717, 1.165) is 0 Å². The van der Waals surface area contributed by atoms with Gasteiger partial charge in [0.2, 0.25) is 0 Å². The van der Waals surface area contributed by atoms with E-state index in [-0.39, 0.29) is 11.5 Å². The van der Waals surface area contributed by atoms with Crippen molar-refractivity contribution in [3.8, 4) is 11.5 Å². The molecule has 0 saturated heterocycles. The van der Waals surface area contributed by atoms with Crippen molar-refractivity contribution in [1.29, 1.82) is 0 Å². The van der Waals surface area contributed by atoms with Gasteiger partial charge in [-0.2, -0.15) is 4.73 Å². The predicted octanol–water partition coefficient (Wildman–Crippen LogP) is 7.02. The summed E-state index contributed by atoms with van der Waals surface area (Å²) in [7, 11) is -4.33. The molecule has 0 fully saturated rings. The molecule has 0 aliphatic heterocycles. The van der Waals surface area contributed by atoms with Gasteiger partial charge < -0.3 is 13.9 Å². The minimum atomic E-state index is -4.33. The van der Waals surface area contributed by atoms with Crippen molar-refractivity contribution in [3.05, 3.63) is 126 Å². The van der Waals surface area contributed by atoms with E-state index in [2.05, 4.69) is 0 Å². The van der Waals surface area contributed by atoms with Gasteiger partial charge in [-0.15, -0.1) is 0 Å². The highest BCUT2D eigenvalue weighted by atomic mass is 32.1. The molecule has 0 N–H and O–H groups in total. The van der Waals surface area contributed by atoms with Crippen LogP contribution in [0.15, 0.2) is 115 Å². The SMILES string of the molecule is CC(C)(OP(=O)(Oc1ccccc1)Oc1ccccc1)C(C(=O)On1ccccc1=S)c1ccccc1. The maximum Gasteiger partial charge on any atom is 0.588 e. The van der Waals surface area contributed by atoms with E-state index in [1.165, 1.54) is 10.9 Å². The number of hydrogen-bond acceptors (Lipinski definition) is 7. The normalized spacial score (nSPS) is 12.4. The van der Waals surface area contributed by atoms with Gasteiger partial charge in [0.05, 0.1) is 5.60 Å². The molecule has 7 nitrogen and oxygen atoms in total. The first-order valence-electron chi connectivity index (χ1n) is 11.5. The highest BCUT2D eigenvalue weighted by molar-refractivity contribution is 7.71. The molecule has 1 heterocycles. The van der Waals surface area contributed by atoms with Crippen molar-refractivity contribution in [2.75, 3.05) is 0 Å². The van der Waals surface area contributed by atoms with Crippen LogP contribution in [0.3, 0.4) is 0 Å². The van der Waals surface area contributed by atoms with Gasteiger partial charge in [0.1, 0.15) is 22.1 Å². The lowest BCUT2D eigenvalue weighted by molar-refractivity contribution is -0.151. The Bertz CT molecular complexity index is 1380. The van der Waals surface area contributed by atoms with E-state index in [0.29, 0.717) is 10.2 Å². The van der Waals surface area contributed by atoms with Crippen molar-refractivity contribution < 1.29 is 27.8 Å². The first-order chi connectivity index (χ1) is 17.8. The maximum absolute atomic E-state index is 14.1. The smallest absolute Gasteiger partial charge is 0.395 e. The van der Waals surface area contributed by atoms with E-state index >= 15 is 0 Å². The van der Waals surface area contributed by atoms with Crippen molar-refractivity contribution in [1.82, 2.24) is 4.73 Å². The lowest BCUT2D eigenvalue weighted by Crippen LogP contribution is -2.41. The van der Waals surface area contributed by atoms with Crippen molar-refractivity contribution >= 4 is 26.0 Å². The lowest BCUT2D eigenvalue weighted by Gasteiger charge is -2.34. The second kappa shape index (κ2) is 11.6. The Labute approximate surface area is 220 Å². The molecule has 4 rings (SSSR count). The Balaban J connectivity index is 1.70. The van der Waals surface area contributed by atoms with Gasteiger partial charge in [0, 0.05) is 6.20 Å². The molecular formula is C28H26NO6PS. The summed E-state index contributed by atoms with van der Waals surface area (Å²) < 4.78 is 33.3. The Hall–Kier alpha value is -3.71. The average molecular weight is 536 g/mol. The van der Waals surface area contributed by atoms with E-state index < -0.39 is 25.3 Å². The number of hydrogen-bond donors (Lipinski definition) is 0. The Morgan fingerprint density at radius 1 is 0.784 bits per heavy atom. The summed E-state index contributed by atoms with van der Waals surface area (Å²) in [6.07, 6.45) is 1.54. The van der Waals surface area contributed by atoms with Gasteiger partial charge in [-0.05, 0) is 55.8 Å². The summed E-state index contributed by atoms with van der Waals surface area (Å²) in [4.78, 5) is 19.2. The van der Waals surface area contributed by atoms with Crippen LogP contribution >= 0.6 is 20.0 Å². The molecule has 3 aromatic carbocycles. The van der Waals surface area contributed by atoms with Gasteiger partial charge in [0.15, 0.2) is 0 Å². The third-order valence-corrected chi connectivity index (χ3v) is 7.19. The van der Waals surface area contributed by atoms with Crippen molar-refractivity contribution in [2.24, 2.45) is 0 Å². The highest BCUT2D eigenvalue weighted by Gasteiger charge is 2.47. The number of phosphoric ester groups is 1. The quantitative estimate of drug-likeness (QED) is 0.160. The lowest BCUT2D eigenvalue weighted by atomic mass is 9.85. The van der Waals surface area contributed by atoms with E-state index in [1.807, 2.05) is 6.07 Å². The third kappa shape index (κ3) is 6.95. The molecule has 1 atom stereocenters. The molecule has 0 aliphatic carbocycles. The van der Waals surface area contributed by atoms with Crippen LogP contribution in [0.2, 0.25) is 0 Å². The molecule has 37 heavy (non-hydrogen) atoms. The summed E-state index contributed by atoms with van der Waals surface area (Å²) >= 11 is 5.27. The summed E-state index contributed by atoms with van der Waals surface area (Å²) in [5, 5.41) is 0. The molecule has 0 radical (unpaired) electrons. The number of pyridine rings is 1. The van der Waals surface area contributed by atoms with E-state index in [4.69, 9.17) is 30.6 Å². The Morgan fingerprint density at radius 2 is 1.27 bits per heavy atom. The summed E-state index contributed by atoms with van der Waals surface area (Å²) in [6, 6.07) is 31.1. The minimum Gasteiger partial charge on any atom is -0.395 e. The van der Waals surface area contributed by atoms with Gasteiger partial charge >= 0.3 is 13.8 Å². The van der Waals surface area contributed by atoms with Crippen molar-refractivity contribution in [2.45, 2.75) is 25.4 Å². The van der Waals surface area contributed by atoms with Crippen LogP contribution < -0.4 is 13.9 Å². The number of benzene rings is 3. The molecule has 0 bridgehead atoms. The van der Waals surface area contributed by atoms with Crippen LogP contribution in [0.5, 0.6) is 11.5 Å². The van der Waals surface area contributed by atoms with Gasteiger partial charge in [-0.1, -0.05) is 85.0 Å². The zero-order chi connectivity index (χ0) is 26.3. The van der Waals surface area contributed by atoms with Gasteiger partial charge in [-0.3, -0.25) is 4.52 Å². The zero-order valence-electron chi connectivity index (χ0n) is 20.3. The van der Waals surface area contributed by atoms with Gasteiger partial charge in [-0.25, -0.2) is 9.36 Å². The first kappa shape index (κ1) is 26.4. The average Bonchev–Trinajstić information content (AvgIpc) is 2.86. The molecule has 1 unspecified atom stereocenters. The molecular weight excluding hydrogens is 509 g/mol. The van der Waals surface area contributed by atoms with Gasteiger partial charge in [0.25, 0.3) is 0 Å². The molecule has 0 saturated carbocycles. The van der Waals surface area contributed by atoms with Crippen LogP contribution in [0.1, 0.15) is 25.3 Å². The summed E-state index contributed by atoms with van der Waals surface area (Å²) in [6.45, 7) is 3.26. The first-order valence-corrected chi connectivity index (χ1v) is 13.4. The van der Waals surface area contributed by atoms with Crippen LogP contribution in [0.4, 0.5) is 0 Å². The fourth-order valence-electron chi connectivity index (χ4n) is 3.72. The molecule has 4 aromatic rings. The summed E-state index contributed by atoms with van der Waals surface area (Å²) in [5.74, 6) is -1.12. The van der Waals surface area contributed by atoms with Crippen LogP contribution in [-0.2, 0) is 13.9 Å². The Kier molecular flexibility index (Phi) is 8.24.